The molecule has 0 aliphatic carbocycles. The van der Waals surface area contributed by atoms with Crippen LogP contribution < -0.4 is 5.32 Å². The minimum atomic E-state index is -1.05. The molecular weight excluding hydrogens is 300 g/mol. The van der Waals surface area contributed by atoms with Gasteiger partial charge in [-0.05, 0) is 23.9 Å². The summed E-state index contributed by atoms with van der Waals surface area (Å²) in [5.74, 6) is -0.338. The number of benzene rings is 1. The van der Waals surface area contributed by atoms with E-state index < -0.39 is 17.7 Å². The highest BCUT2D eigenvalue weighted by Gasteiger charge is 2.49. The smallest absolute Gasteiger partial charge is 0.325 e. The van der Waals surface area contributed by atoms with Crippen molar-refractivity contribution in [2.45, 2.75) is 18.6 Å². The lowest BCUT2D eigenvalue weighted by Crippen LogP contribution is -2.40. The summed E-state index contributed by atoms with van der Waals surface area (Å²) in [6, 6.07) is 12.2. The first-order valence-corrected chi connectivity index (χ1v) is 7.81. The van der Waals surface area contributed by atoms with Gasteiger partial charge in [0.25, 0.3) is 5.91 Å². The van der Waals surface area contributed by atoms with E-state index >= 15 is 0 Å². The second kappa shape index (κ2) is 5.55. The number of carbonyl (C=O) groups excluding carboxylic acids is 2. The normalized spacial score (nSPS) is 22.7. The van der Waals surface area contributed by atoms with Gasteiger partial charge in [-0.1, -0.05) is 36.4 Å². The summed E-state index contributed by atoms with van der Waals surface area (Å²) in [6.45, 7) is 1.63. The number of nitrogens with zero attached hydrogens (tertiary/aromatic N) is 1. The van der Waals surface area contributed by atoms with Gasteiger partial charge in [-0.15, -0.1) is 11.3 Å². The monoisotopic (exact) mass is 316 g/mol. The SMILES string of the molecule is C[C@]1(c2cccs2)NC(=O)N(C[C@H](O)c2ccccc2)C1=O. The second-order valence-corrected chi connectivity index (χ2v) is 6.32. The van der Waals surface area contributed by atoms with E-state index in [0.29, 0.717) is 5.56 Å². The number of nitrogens with one attached hydrogen (secondary N) is 1. The molecule has 1 fully saturated rings. The number of aliphatic hydroxyl groups is 1. The molecule has 2 aromatic rings. The highest BCUT2D eigenvalue weighted by molar-refractivity contribution is 7.10. The molecule has 2 atom stereocenters. The first-order chi connectivity index (χ1) is 10.5. The van der Waals surface area contributed by atoms with E-state index in [0.717, 1.165) is 9.78 Å². The lowest BCUT2D eigenvalue weighted by Gasteiger charge is -2.21. The summed E-state index contributed by atoms with van der Waals surface area (Å²) in [4.78, 5) is 26.7. The van der Waals surface area contributed by atoms with Crippen molar-refractivity contribution in [2.75, 3.05) is 6.54 Å². The molecule has 1 aromatic heterocycles. The van der Waals surface area contributed by atoms with Gasteiger partial charge >= 0.3 is 6.03 Å². The molecule has 2 heterocycles. The molecular formula is C16H16N2O3S. The number of aliphatic hydroxyl groups excluding tert-OH is 1. The van der Waals surface area contributed by atoms with Gasteiger partial charge < -0.3 is 10.4 Å². The third-order valence-electron chi connectivity index (χ3n) is 3.83. The van der Waals surface area contributed by atoms with Crippen molar-refractivity contribution in [2.24, 2.45) is 0 Å². The van der Waals surface area contributed by atoms with E-state index in [-0.39, 0.29) is 12.5 Å². The van der Waals surface area contributed by atoms with E-state index in [2.05, 4.69) is 5.32 Å². The van der Waals surface area contributed by atoms with Gasteiger partial charge in [-0.3, -0.25) is 9.69 Å². The Bertz CT molecular complexity index is 687. The van der Waals surface area contributed by atoms with Gasteiger partial charge in [0.15, 0.2) is 5.54 Å². The second-order valence-electron chi connectivity index (χ2n) is 5.37. The largest absolute Gasteiger partial charge is 0.387 e. The predicted octanol–water partition coefficient (Wildman–Crippen LogP) is 2.25. The molecule has 1 aliphatic rings. The highest BCUT2D eigenvalue weighted by atomic mass is 32.1. The third-order valence-corrected chi connectivity index (χ3v) is 4.92. The van der Waals surface area contributed by atoms with Gasteiger partial charge in [0.2, 0.25) is 0 Å². The Morgan fingerprint density at radius 3 is 2.59 bits per heavy atom. The molecule has 0 radical (unpaired) electrons. The standard InChI is InChI=1S/C16H16N2O3S/c1-16(13-8-5-9-22-13)14(20)18(15(21)17-16)10-12(19)11-6-3-2-4-7-11/h2-9,12,19H,10H2,1H3,(H,17,21)/t12-,16+/m0/s1. The average Bonchev–Trinajstić information content (AvgIpc) is 3.13. The van der Waals surface area contributed by atoms with Crippen molar-refractivity contribution in [1.29, 1.82) is 0 Å². The number of thiophene rings is 1. The highest BCUT2D eigenvalue weighted by Crippen LogP contribution is 2.32. The number of urea groups is 1. The maximum atomic E-state index is 12.6. The lowest BCUT2D eigenvalue weighted by atomic mass is 10.0. The van der Waals surface area contributed by atoms with E-state index in [4.69, 9.17) is 0 Å². The van der Waals surface area contributed by atoms with Crippen molar-refractivity contribution >= 4 is 23.3 Å². The van der Waals surface area contributed by atoms with E-state index in [1.165, 1.54) is 11.3 Å². The minimum absolute atomic E-state index is 0.0599. The van der Waals surface area contributed by atoms with Gasteiger partial charge in [-0.25, -0.2) is 4.79 Å². The van der Waals surface area contributed by atoms with Crippen LogP contribution >= 0.6 is 11.3 Å². The summed E-state index contributed by atoms with van der Waals surface area (Å²) in [5.41, 5.74) is -0.380. The van der Waals surface area contributed by atoms with E-state index in [1.807, 2.05) is 23.6 Å². The number of carbonyl (C=O) groups is 2. The summed E-state index contributed by atoms with van der Waals surface area (Å²) < 4.78 is 0. The molecule has 3 amide bonds. The molecule has 22 heavy (non-hydrogen) atoms. The zero-order chi connectivity index (χ0) is 15.7. The molecule has 3 rings (SSSR count). The average molecular weight is 316 g/mol. The molecule has 0 spiro atoms. The number of amides is 3. The maximum absolute atomic E-state index is 12.6. The zero-order valence-electron chi connectivity index (χ0n) is 12.0. The molecule has 0 saturated carbocycles. The number of β-amino-alcohol motifs (C(OH)–C–C–N with tert-alkyl or cyclic N) is 1. The topological polar surface area (TPSA) is 69.6 Å². The van der Waals surface area contributed by atoms with Crippen LogP contribution in [0.3, 0.4) is 0 Å². The molecule has 0 bridgehead atoms. The van der Waals surface area contributed by atoms with Gasteiger partial charge in [0, 0.05) is 4.88 Å². The molecule has 1 aromatic carbocycles. The number of hydrogen-bond acceptors (Lipinski definition) is 4. The first-order valence-electron chi connectivity index (χ1n) is 6.93. The number of hydrogen-bond donors (Lipinski definition) is 2. The lowest BCUT2D eigenvalue weighted by molar-refractivity contribution is -0.132. The van der Waals surface area contributed by atoms with Crippen LogP contribution in [0.5, 0.6) is 0 Å². The summed E-state index contributed by atoms with van der Waals surface area (Å²) in [5, 5.41) is 14.8. The Balaban J connectivity index is 1.81. The molecule has 2 N–H and O–H groups in total. The summed E-state index contributed by atoms with van der Waals surface area (Å²) >= 11 is 1.42. The Morgan fingerprint density at radius 2 is 1.95 bits per heavy atom. The fourth-order valence-corrected chi connectivity index (χ4v) is 3.38. The molecule has 1 aliphatic heterocycles. The molecule has 6 heteroatoms. The van der Waals surface area contributed by atoms with Crippen LogP contribution in [0.15, 0.2) is 47.8 Å². The van der Waals surface area contributed by atoms with Crippen LogP contribution in [0.2, 0.25) is 0 Å². The quantitative estimate of drug-likeness (QED) is 0.850. The van der Waals surface area contributed by atoms with Crippen LogP contribution in [0, 0.1) is 0 Å². The zero-order valence-corrected chi connectivity index (χ0v) is 12.8. The number of imide groups is 1. The summed E-state index contributed by atoms with van der Waals surface area (Å²) in [7, 11) is 0. The minimum Gasteiger partial charge on any atom is -0.387 e. The van der Waals surface area contributed by atoms with Crippen molar-refractivity contribution in [3.63, 3.8) is 0 Å². The summed E-state index contributed by atoms with van der Waals surface area (Å²) in [6.07, 6.45) is -0.901. The first kappa shape index (κ1) is 14.7. The van der Waals surface area contributed by atoms with Crippen molar-refractivity contribution < 1.29 is 14.7 Å². The van der Waals surface area contributed by atoms with Crippen LogP contribution in [0.25, 0.3) is 0 Å². The van der Waals surface area contributed by atoms with Crippen molar-refractivity contribution in [3.8, 4) is 0 Å². The Morgan fingerprint density at radius 1 is 1.23 bits per heavy atom. The molecule has 1 saturated heterocycles. The predicted molar refractivity (Wildman–Crippen MR) is 83.3 cm³/mol. The maximum Gasteiger partial charge on any atom is 0.325 e. The molecule has 5 nitrogen and oxygen atoms in total. The van der Waals surface area contributed by atoms with Crippen LogP contribution in [0.1, 0.15) is 23.5 Å². The number of rotatable bonds is 4. The van der Waals surface area contributed by atoms with Crippen molar-refractivity contribution in [1.82, 2.24) is 10.2 Å². The van der Waals surface area contributed by atoms with Crippen LogP contribution in [0.4, 0.5) is 4.79 Å². The van der Waals surface area contributed by atoms with E-state index in [9.17, 15) is 14.7 Å². The van der Waals surface area contributed by atoms with Gasteiger partial charge in [0.1, 0.15) is 0 Å². The van der Waals surface area contributed by atoms with Crippen LogP contribution in [-0.4, -0.2) is 28.5 Å². The van der Waals surface area contributed by atoms with Crippen molar-refractivity contribution in [3.05, 3.63) is 58.3 Å². The van der Waals surface area contributed by atoms with Gasteiger partial charge in [0.05, 0.1) is 12.6 Å². The molecule has 114 valence electrons. The van der Waals surface area contributed by atoms with Gasteiger partial charge in [-0.2, -0.15) is 0 Å². The fraction of sp³-hybridized carbons (Fsp3) is 0.250. The molecule has 0 unspecified atom stereocenters. The Hall–Kier alpha value is -2.18. The van der Waals surface area contributed by atoms with Crippen LogP contribution in [-0.2, 0) is 10.3 Å². The Kier molecular flexibility index (Phi) is 3.72. The Labute approximate surface area is 132 Å². The fourth-order valence-electron chi connectivity index (χ4n) is 2.55. The third kappa shape index (κ3) is 2.40. The van der Waals surface area contributed by atoms with E-state index in [1.54, 1.807) is 31.2 Å².